The molecule has 0 bridgehead atoms. The maximum Gasteiger partial charge on any atom is 0.259 e. The molecule has 3 heterocycles. The number of likely N-dealkylation sites (N-methyl/N-ethyl adjacent to an activating group) is 1. The standard InChI is InChI=1S/C16H17FN6O2/c1-21-2-4-22(5-3-21)16(25)11-8-19-23-13-10(14(18)24)6-9(17)7-12(13)20-15(11)23/h6-8,19H,2-5H2,1H3,(H2,18,24). The van der Waals surface area contributed by atoms with E-state index in [9.17, 15) is 14.0 Å². The van der Waals surface area contributed by atoms with Crippen LogP contribution in [0.5, 0.6) is 0 Å². The van der Waals surface area contributed by atoms with Gasteiger partial charge in [0, 0.05) is 38.4 Å². The summed E-state index contributed by atoms with van der Waals surface area (Å²) in [6, 6.07) is 2.29. The fourth-order valence-electron chi connectivity index (χ4n) is 3.20. The van der Waals surface area contributed by atoms with Crippen molar-refractivity contribution >= 4 is 28.5 Å². The molecule has 0 spiro atoms. The number of halogens is 1. The zero-order valence-electron chi connectivity index (χ0n) is 13.6. The number of piperazine rings is 1. The zero-order valence-corrected chi connectivity index (χ0v) is 13.6. The van der Waals surface area contributed by atoms with Gasteiger partial charge in [0.2, 0.25) is 0 Å². The summed E-state index contributed by atoms with van der Waals surface area (Å²) in [5.74, 6) is -1.50. The highest BCUT2D eigenvalue weighted by Gasteiger charge is 2.25. The largest absolute Gasteiger partial charge is 0.366 e. The molecule has 3 N–H and O–H groups in total. The van der Waals surface area contributed by atoms with Gasteiger partial charge in [-0.3, -0.25) is 14.7 Å². The van der Waals surface area contributed by atoms with E-state index >= 15 is 0 Å². The molecule has 8 nitrogen and oxygen atoms in total. The second-order valence-electron chi connectivity index (χ2n) is 6.24. The van der Waals surface area contributed by atoms with Gasteiger partial charge in [0.15, 0.2) is 5.65 Å². The Morgan fingerprint density at radius 3 is 2.60 bits per heavy atom. The Balaban J connectivity index is 1.83. The number of rotatable bonds is 2. The minimum atomic E-state index is -0.757. The van der Waals surface area contributed by atoms with Crippen LogP contribution < -0.4 is 5.73 Å². The Morgan fingerprint density at radius 2 is 1.92 bits per heavy atom. The van der Waals surface area contributed by atoms with Gasteiger partial charge in [-0.1, -0.05) is 0 Å². The summed E-state index contributed by atoms with van der Waals surface area (Å²) in [6.07, 6.45) is 1.55. The predicted molar refractivity (Wildman–Crippen MR) is 88.9 cm³/mol. The number of aromatic amines is 1. The molecule has 1 aliphatic rings. The molecule has 0 radical (unpaired) electrons. The first-order chi connectivity index (χ1) is 12.0. The molecule has 3 aromatic rings. The lowest BCUT2D eigenvalue weighted by Crippen LogP contribution is -2.47. The number of imidazole rings is 1. The quantitative estimate of drug-likeness (QED) is 0.705. The molecule has 1 saturated heterocycles. The van der Waals surface area contributed by atoms with E-state index in [0.29, 0.717) is 29.8 Å². The van der Waals surface area contributed by atoms with E-state index in [4.69, 9.17) is 5.73 Å². The monoisotopic (exact) mass is 344 g/mol. The van der Waals surface area contributed by atoms with Crippen molar-refractivity contribution in [3.05, 3.63) is 35.3 Å². The molecule has 0 saturated carbocycles. The number of aromatic nitrogens is 3. The van der Waals surface area contributed by atoms with Gasteiger partial charge in [0.05, 0.1) is 11.1 Å². The highest BCUT2D eigenvalue weighted by atomic mass is 19.1. The SMILES string of the molecule is CN1CCN(C(=O)c2c[nH]n3c2nc2cc(F)cc(C(N)=O)c23)CC1. The zero-order chi connectivity index (χ0) is 17.7. The van der Waals surface area contributed by atoms with Gasteiger partial charge < -0.3 is 15.5 Å². The van der Waals surface area contributed by atoms with Crippen LogP contribution in [0.2, 0.25) is 0 Å². The molecule has 4 rings (SSSR count). The predicted octanol–water partition coefficient (Wildman–Crippen LogP) is 0.441. The number of carbonyl (C=O) groups is 2. The summed E-state index contributed by atoms with van der Waals surface area (Å²) in [5.41, 5.74) is 6.74. The Bertz CT molecular complexity index is 999. The van der Waals surface area contributed by atoms with Crippen LogP contribution in [-0.4, -0.2) is 69.4 Å². The molecule has 25 heavy (non-hydrogen) atoms. The first-order valence-corrected chi connectivity index (χ1v) is 7.92. The molecule has 1 aliphatic heterocycles. The fourth-order valence-corrected chi connectivity index (χ4v) is 3.20. The highest BCUT2D eigenvalue weighted by molar-refractivity contribution is 6.07. The van der Waals surface area contributed by atoms with Crippen molar-refractivity contribution in [2.24, 2.45) is 5.73 Å². The van der Waals surface area contributed by atoms with Gasteiger partial charge in [0.25, 0.3) is 11.8 Å². The fraction of sp³-hybridized carbons (Fsp3) is 0.312. The Kier molecular flexibility index (Phi) is 3.46. The normalized spacial score (nSPS) is 16.0. The van der Waals surface area contributed by atoms with Crippen LogP contribution in [0.15, 0.2) is 18.3 Å². The Hall–Kier alpha value is -2.94. The number of nitrogens with zero attached hydrogens (tertiary/aromatic N) is 4. The average Bonchev–Trinajstić information content (AvgIpc) is 3.12. The molecule has 2 aromatic heterocycles. The van der Waals surface area contributed by atoms with E-state index < -0.39 is 11.7 Å². The van der Waals surface area contributed by atoms with Crippen LogP contribution in [0.25, 0.3) is 16.7 Å². The van der Waals surface area contributed by atoms with Crippen molar-refractivity contribution in [1.82, 2.24) is 24.4 Å². The van der Waals surface area contributed by atoms with Crippen LogP contribution in [0.3, 0.4) is 0 Å². The number of hydrogen-bond donors (Lipinski definition) is 2. The van der Waals surface area contributed by atoms with E-state index in [-0.39, 0.29) is 17.0 Å². The molecule has 9 heteroatoms. The van der Waals surface area contributed by atoms with Crippen molar-refractivity contribution in [3.8, 4) is 0 Å². The number of benzene rings is 1. The molecule has 2 amide bonds. The van der Waals surface area contributed by atoms with E-state index in [1.54, 1.807) is 11.1 Å². The molecule has 0 atom stereocenters. The van der Waals surface area contributed by atoms with Crippen molar-refractivity contribution < 1.29 is 14.0 Å². The number of H-pyrrole nitrogens is 1. The molecule has 0 aliphatic carbocycles. The van der Waals surface area contributed by atoms with Gasteiger partial charge in [-0.05, 0) is 13.1 Å². The number of nitrogens with two attached hydrogens (primary N) is 1. The van der Waals surface area contributed by atoms with Gasteiger partial charge >= 0.3 is 0 Å². The van der Waals surface area contributed by atoms with Gasteiger partial charge in [0.1, 0.15) is 16.9 Å². The van der Waals surface area contributed by atoms with Crippen molar-refractivity contribution in [2.45, 2.75) is 0 Å². The van der Waals surface area contributed by atoms with Crippen LogP contribution in [0.4, 0.5) is 4.39 Å². The minimum Gasteiger partial charge on any atom is -0.366 e. The molecule has 0 unspecified atom stereocenters. The average molecular weight is 344 g/mol. The molecule has 1 fully saturated rings. The molecular weight excluding hydrogens is 327 g/mol. The Labute approximate surface area is 142 Å². The maximum absolute atomic E-state index is 13.7. The summed E-state index contributed by atoms with van der Waals surface area (Å²) >= 11 is 0. The summed E-state index contributed by atoms with van der Waals surface area (Å²) in [7, 11) is 2.01. The van der Waals surface area contributed by atoms with Crippen LogP contribution in [0.1, 0.15) is 20.7 Å². The second kappa shape index (κ2) is 5.55. The maximum atomic E-state index is 13.7. The summed E-state index contributed by atoms with van der Waals surface area (Å²) in [4.78, 5) is 32.7. The summed E-state index contributed by atoms with van der Waals surface area (Å²) < 4.78 is 15.2. The number of carbonyl (C=O) groups excluding carboxylic acids is 2. The molecular formula is C16H17FN6O2. The number of nitrogens with one attached hydrogen (secondary N) is 1. The van der Waals surface area contributed by atoms with Gasteiger partial charge in [-0.25, -0.2) is 13.9 Å². The number of fused-ring (bicyclic) bond motifs is 3. The number of hydrogen-bond acceptors (Lipinski definition) is 4. The third kappa shape index (κ3) is 2.43. The van der Waals surface area contributed by atoms with Crippen molar-refractivity contribution in [2.75, 3.05) is 33.2 Å². The molecule has 1 aromatic carbocycles. The highest BCUT2D eigenvalue weighted by Crippen LogP contribution is 2.24. The lowest BCUT2D eigenvalue weighted by Gasteiger charge is -2.32. The smallest absolute Gasteiger partial charge is 0.259 e. The lowest BCUT2D eigenvalue weighted by molar-refractivity contribution is 0.0665. The first kappa shape index (κ1) is 15.6. The molecule has 130 valence electrons. The summed E-state index contributed by atoms with van der Waals surface area (Å²) in [5, 5.41) is 2.92. The topological polar surface area (TPSA) is 99.7 Å². The van der Waals surface area contributed by atoms with E-state index in [2.05, 4.69) is 15.0 Å². The van der Waals surface area contributed by atoms with E-state index in [1.165, 1.54) is 10.6 Å². The van der Waals surface area contributed by atoms with E-state index in [1.807, 2.05) is 7.05 Å². The minimum absolute atomic E-state index is 0.0166. The van der Waals surface area contributed by atoms with Gasteiger partial charge in [-0.15, -0.1) is 0 Å². The van der Waals surface area contributed by atoms with Crippen LogP contribution >= 0.6 is 0 Å². The third-order valence-corrected chi connectivity index (χ3v) is 4.58. The summed E-state index contributed by atoms with van der Waals surface area (Å²) in [6.45, 7) is 2.88. The first-order valence-electron chi connectivity index (χ1n) is 7.92. The van der Waals surface area contributed by atoms with Gasteiger partial charge in [-0.2, -0.15) is 0 Å². The number of amides is 2. The van der Waals surface area contributed by atoms with E-state index in [0.717, 1.165) is 19.2 Å². The third-order valence-electron chi connectivity index (χ3n) is 4.58. The Morgan fingerprint density at radius 1 is 1.20 bits per heavy atom. The lowest BCUT2D eigenvalue weighted by atomic mass is 10.1. The van der Waals surface area contributed by atoms with Crippen molar-refractivity contribution in [3.63, 3.8) is 0 Å². The van der Waals surface area contributed by atoms with Crippen LogP contribution in [-0.2, 0) is 0 Å². The number of primary amides is 1. The van der Waals surface area contributed by atoms with Crippen LogP contribution in [0, 0.1) is 5.82 Å². The second-order valence-corrected chi connectivity index (χ2v) is 6.24. The van der Waals surface area contributed by atoms with Crippen molar-refractivity contribution in [1.29, 1.82) is 0 Å².